The van der Waals surface area contributed by atoms with Gasteiger partial charge in [-0.05, 0) is 53.6 Å². The van der Waals surface area contributed by atoms with Crippen molar-refractivity contribution in [3.8, 4) is 11.5 Å². The van der Waals surface area contributed by atoms with E-state index in [9.17, 15) is 4.79 Å². The van der Waals surface area contributed by atoms with Crippen molar-refractivity contribution in [2.75, 3.05) is 51.6 Å². The lowest BCUT2D eigenvalue weighted by Gasteiger charge is -2.40. The summed E-state index contributed by atoms with van der Waals surface area (Å²) < 4.78 is 18.1. The average molecular weight is 518 g/mol. The van der Waals surface area contributed by atoms with Gasteiger partial charge >= 0.3 is 0 Å². The van der Waals surface area contributed by atoms with Crippen molar-refractivity contribution in [3.63, 3.8) is 0 Å². The number of pyridine rings is 1. The molecule has 0 aliphatic carbocycles. The Bertz CT molecular complexity index is 1520. The van der Waals surface area contributed by atoms with Crippen LogP contribution in [0.15, 0.2) is 41.2 Å². The molecule has 0 unspecified atom stereocenters. The molecule has 1 saturated heterocycles. The first-order valence-corrected chi connectivity index (χ1v) is 12.8. The highest BCUT2D eigenvalue weighted by atomic mass is 16.7. The summed E-state index contributed by atoms with van der Waals surface area (Å²) in [5, 5.41) is 13.4. The van der Waals surface area contributed by atoms with Gasteiger partial charge in [0.25, 0.3) is 5.56 Å². The molecule has 0 radical (unpaired) electrons. The Morgan fingerprint density at radius 3 is 2.66 bits per heavy atom. The van der Waals surface area contributed by atoms with Crippen molar-refractivity contribution in [1.82, 2.24) is 30.1 Å². The van der Waals surface area contributed by atoms with Crippen molar-refractivity contribution < 1.29 is 14.2 Å². The predicted molar refractivity (Wildman–Crippen MR) is 142 cm³/mol. The maximum absolute atomic E-state index is 13.5. The van der Waals surface area contributed by atoms with Gasteiger partial charge < -0.3 is 24.1 Å². The largest absolute Gasteiger partial charge is 0.454 e. The number of tetrazole rings is 1. The van der Waals surface area contributed by atoms with Gasteiger partial charge in [0.2, 0.25) is 6.79 Å². The van der Waals surface area contributed by atoms with E-state index in [2.05, 4.69) is 62.4 Å². The summed E-state index contributed by atoms with van der Waals surface area (Å²) in [4.78, 5) is 21.3. The van der Waals surface area contributed by atoms with Gasteiger partial charge in [0.05, 0.1) is 18.7 Å². The smallest absolute Gasteiger partial charge is 0.253 e. The molecule has 2 aromatic carbocycles. The standard InChI is InChI=1S/C27H31N7O4/c1-17-5-4-6-22(18(17)2)32-7-9-33(10-8-32)25(26-29-30-31-34(26)11-12-36-3)20-13-19-14-23-24(38-16-37-23)15-21(19)28-27(20)35/h4-6,13-15,25H,7-12,16H2,1-3H3,(H,28,35)/t25-/m0/s1. The zero-order valence-corrected chi connectivity index (χ0v) is 21.8. The fourth-order valence-corrected chi connectivity index (χ4v) is 5.36. The van der Waals surface area contributed by atoms with E-state index >= 15 is 0 Å². The molecule has 198 valence electrons. The average Bonchev–Trinajstić information content (AvgIpc) is 3.58. The van der Waals surface area contributed by atoms with Crippen LogP contribution in [0.1, 0.15) is 28.6 Å². The van der Waals surface area contributed by atoms with Crippen molar-refractivity contribution in [1.29, 1.82) is 0 Å². The molecule has 2 aliphatic rings. The summed E-state index contributed by atoms with van der Waals surface area (Å²) in [6.07, 6.45) is 0. The van der Waals surface area contributed by atoms with Crippen LogP contribution in [-0.2, 0) is 11.3 Å². The van der Waals surface area contributed by atoms with Gasteiger partial charge in [-0.2, -0.15) is 0 Å². The normalized spacial score (nSPS) is 16.3. The van der Waals surface area contributed by atoms with E-state index < -0.39 is 6.04 Å². The van der Waals surface area contributed by atoms with Crippen molar-refractivity contribution >= 4 is 16.6 Å². The third-order valence-corrected chi connectivity index (χ3v) is 7.57. The van der Waals surface area contributed by atoms with E-state index in [0.717, 1.165) is 31.6 Å². The van der Waals surface area contributed by atoms with Crippen molar-refractivity contribution in [3.05, 3.63) is 69.3 Å². The van der Waals surface area contributed by atoms with Crippen LogP contribution in [-0.4, -0.2) is 76.8 Å². The number of piperazine rings is 1. The summed E-state index contributed by atoms with van der Waals surface area (Å²) >= 11 is 0. The highest BCUT2D eigenvalue weighted by molar-refractivity contribution is 5.83. The van der Waals surface area contributed by atoms with E-state index in [1.807, 2.05) is 18.2 Å². The summed E-state index contributed by atoms with van der Waals surface area (Å²) in [5.41, 5.74) is 4.94. The number of nitrogens with zero attached hydrogens (tertiary/aromatic N) is 6. The van der Waals surface area contributed by atoms with Crippen LogP contribution in [0.5, 0.6) is 11.5 Å². The minimum atomic E-state index is -0.429. The molecule has 4 heterocycles. The number of hydrogen-bond donors (Lipinski definition) is 1. The number of anilines is 1. The van der Waals surface area contributed by atoms with Gasteiger partial charge in [0, 0.05) is 56.0 Å². The van der Waals surface area contributed by atoms with Crippen LogP contribution >= 0.6 is 0 Å². The van der Waals surface area contributed by atoms with Crippen LogP contribution < -0.4 is 19.9 Å². The van der Waals surface area contributed by atoms with Crippen molar-refractivity contribution in [2.45, 2.75) is 26.4 Å². The number of fused-ring (bicyclic) bond motifs is 2. The minimum absolute atomic E-state index is 0.171. The lowest BCUT2D eigenvalue weighted by Crippen LogP contribution is -2.49. The second-order valence-corrected chi connectivity index (χ2v) is 9.74. The molecule has 6 rings (SSSR count). The SMILES string of the molecule is COCCn1nnnc1[C@H](c1cc2cc3c(cc2[nH]c1=O)OCO3)N1CCN(c2cccc(C)c2C)CC1. The van der Waals surface area contributed by atoms with Gasteiger partial charge in [-0.25, -0.2) is 4.68 Å². The molecule has 11 nitrogen and oxygen atoms in total. The van der Waals surface area contributed by atoms with E-state index in [1.165, 1.54) is 16.8 Å². The second-order valence-electron chi connectivity index (χ2n) is 9.74. The van der Waals surface area contributed by atoms with Crippen LogP contribution in [0.2, 0.25) is 0 Å². The number of aromatic nitrogens is 5. The molecule has 4 aromatic rings. The Labute approximate surface area is 219 Å². The second kappa shape index (κ2) is 10.1. The Kier molecular flexibility index (Phi) is 6.46. The maximum Gasteiger partial charge on any atom is 0.253 e. The number of aryl methyl sites for hydroxylation is 1. The van der Waals surface area contributed by atoms with Gasteiger partial charge in [0.1, 0.15) is 6.04 Å². The zero-order valence-electron chi connectivity index (χ0n) is 21.8. The molecule has 0 amide bonds. The number of H-pyrrole nitrogens is 1. The molecule has 0 spiro atoms. The molecular formula is C27H31N7O4. The highest BCUT2D eigenvalue weighted by Crippen LogP contribution is 2.36. The number of rotatable bonds is 7. The lowest BCUT2D eigenvalue weighted by atomic mass is 10.0. The monoisotopic (exact) mass is 517 g/mol. The van der Waals surface area contributed by atoms with E-state index in [0.29, 0.717) is 41.6 Å². The fourth-order valence-electron chi connectivity index (χ4n) is 5.36. The quantitative estimate of drug-likeness (QED) is 0.395. The first kappa shape index (κ1) is 24.4. The minimum Gasteiger partial charge on any atom is -0.454 e. The highest BCUT2D eigenvalue weighted by Gasteiger charge is 2.33. The van der Waals surface area contributed by atoms with Gasteiger partial charge in [-0.1, -0.05) is 12.1 Å². The Morgan fingerprint density at radius 2 is 1.87 bits per heavy atom. The summed E-state index contributed by atoms with van der Waals surface area (Å²) in [7, 11) is 1.65. The molecule has 2 aliphatic heterocycles. The number of methoxy groups -OCH3 is 1. The first-order chi connectivity index (χ1) is 18.5. The lowest BCUT2D eigenvalue weighted by molar-refractivity contribution is 0.171. The fraction of sp³-hybridized carbons (Fsp3) is 0.407. The van der Waals surface area contributed by atoms with Crippen LogP contribution in [0, 0.1) is 13.8 Å². The third-order valence-electron chi connectivity index (χ3n) is 7.57. The summed E-state index contributed by atoms with van der Waals surface area (Å²) in [6, 6.07) is 11.6. The Balaban J connectivity index is 1.38. The van der Waals surface area contributed by atoms with Crippen LogP contribution in [0.25, 0.3) is 10.9 Å². The van der Waals surface area contributed by atoms with Gasteiger partial charge in [-0.3, -0.25) is 9.69 Å². The third kappa shape index (κ3) is 4.37. The van der Waals surface area contributed by atoms with E-state index in [-0.39, 0.29) is 12.4 Å². The van der Waals surface area contributed by atoms with E-state index in [4.69, 9.17) is 14.2 Å². The van der Waals surface area contributed by atoms with Crippen LogP contribution in [0.4, 0.5) is 5.69 Å². The summed E-state index contributed by atoms with van der Waals surface area (Å²) in [5.74, 6) is 1.91. The number of hydrogen-bond acceptors (Lipinski definition) is 9. The Hall–Kier alpha value is -3.96. The number of benzene rings is 2. The molecule has 38 heavy (non-hydrogen) atoms. The predicted octanol–water partition coefficient (Wildman–Crippen LogP) is 2.42. The van der Waals surface area contributed by atoms with Gasteiger partial charge in [-0.15, -0.1) is 5.10 Å². The van der Waals surface area contributed by atoms with E-state index in [1.54, 1.807) is 11.8 Å². The summed E-state index contributed by atoms with van der Waals surface area (Å²) in [6.45, 7) is 8.57. The first-order valence-electron chi connectivity index (χ1n) is 12.8. The molecule has 0 bridgehead atoms. The molecule has 2 aromatic heterocycles. The zero-order chi connectivity index (χ0) is 26.2. The van der Waals surface area contributed by atoms with Crippen molar-refractivity contribution in [2.24, 2.45) is 0 Å². The molecule has 1 fully saturated rings. The number of aromatic amines is 1. The maximum atomic E-state index is 13.5. The number of ether oxygens (including phenoxy) is 3. The molecule has 0 saturated carbocycles. The molecule has 1 N–H and O–H groups in total. The van der Waals surface area contributed by atoms with Crippen LogP contribution in [0.3, 0.4) is 0 Å². The number of nitrogens with one attached hydrogen (secondary N) is 1. The van der Waals surface area contributed by atoms with Gasteiger partial charge in [0.15, 0.2) is 17.3 Å². The molecule has 11 heteroatoms. The Morgan fingerprint density at radius 1 is 1.08 bits per heavy atom. The molecular weight excluding hydrogens is 486 g/mol. The molecule has 1 atom stereocenters. The topological polar surface area (TPSA) is 111 Å².